The van der Waals surface area contributed by atoms with Crippen LogP contribution in [-0.2, 0) is 0 Å². The van der Waals surface area contributed by atoms with Gasteiger partial charge in [0.25, 0.3) is 11.8 Å². The van der Waals surface area contributed by atoms with E-state index in [1.165, 1.54) is 4.57 Å². The predicted molar refractivity (Wildman–Crippen MR) is 90.9 cm³/mol. The van der Waals surface area contributed by atoms with Gasteiger partial charge in [0.1, 0.15) is 5.75 Å². The molecule has 1 heterocycles. The molecule has 0 aliphatic heterocycles. The topological polar surface area (TPSA) is 86.4 Å². The summed E-state index contributed by atoms with van der Waals surface area (Å²) in [7, 11) is 0. The van der Waals surface area contributed by atoms with Crippen molar-refractivity contribution in [1.82, 2.24) is 9.99 Å². The second-order valence-electron chi connectivity index (χ2n) is 5.28. The van der Waals surface area contributed by atoms with Crippen LogP contribution in [0.25, 0.3) is 10.9 Å². The molecule has 0 unspecified atom stereocenters. The Kier molecular flexibility index (Phi) is 4.31. The number of amides is 1. The number of para-hydroxylation sites is 2. The summed E-state index contributed by atoms with van der Waals surface area (Å²) in [5.74, 6) is 5.18. The summed E-state index contributed by atoms with van der Waals surface area (Å²) < 4.78 is 7.02. The fourth-order valence-corrected chi connectivity index (χ4v) is 2.77. The van der Waals surface area contributed by atoms with Gasteiger partial charge in [-0.15, -0.1) is 0 Å². The van der Waals surface area contributed by atoms with Crippen LogP contribution in [0.3, 0.4) is 0 Å². The zero-order valence-corrected chi connectivity index (χ0v) is 13.2. The first-order chi connectivity index (χ1) is 11.6. The van der Waals surface area contributed by atoms with Crippen LogP contribution in [-0.4, -0.2) is 23.0 Å². The van der Waals surface area contributed by atoms with Crippen molar-refractivity contribution in [3.05, 3.63) is 65.9 Å². The Labute approximate surface area is 138 Å². The minimum atomic E-state index is -0.431. The molecule has 0 fully saturated rings. The molecule has 0 saturated heterocycles. The van der Waals surface area contributed by atoms with Gasteiger partial charge in [0.2, 0.25) is 0 Å². The van der Waals surface area contributed by atoms with Crippen molar-refractivity contribution in [3.8, 4) is 5.75 Å². The van der Waals surface area contributed by atoms with Crippen LogP contribution in [0.2, 0.25) is 0 Å². The highest BCUT2D eigenvalue weighted by Crippen LogP contribution is 2.25. The molecule has 1 aromatic heterocycles. The van der Waals surface area contributed by atoms with Crippen LogP contribution in [0.15, 0.2) is 54.6 Å². The van der Waals surface area contributed by atoms with Crippen LogP contribution in [0, 0.1) is 6.92 Å². The Bertz CT molecular complexity index is 901. The number of rotatable bonds is 4. The highest BCUT2D eigenvalue weighted by molar-refractivity contribution is 6.10. The maximum absolute atomic E-state index is 12.7. The molecule has 1 amide bonds. The average molecular weight is 323 g/mol. The maximum Gasteiger partial charge on any atom is 0.269 e. The number of nitrogens with two attached hydrogens (primary N) is 1. The summed E-state index contributed by atoms with van der Waals surface area (Å²) in [5, 5.41) is 0.672. The fraction of sp³-hybridized carbons (Fsp3) is 0.111. The number of hydrogen-bond acceptors (Lipinski definition) is 4. The van der Waals surface area contributed by atoms with E-state index in [-0.39, 0.29) is 12.5 Å². The van der Waals surface area contributed by atoms with E-state index >= 15 is 0 Å². The molecule has 24 heavy (non-hydrogen) atoms. The highest BCUT2D eigenvalue weighted by Gasteiger charge is 2.22. The lowest BCUT2D eigenvalue weighted by Crippen LogP contribution is -2.30. The molecule has 0 spiro atoms. The lowest BCUT2D eigenvalue weighted by molar-refractivity contribution is 0.0841. The lowest BCUT2D eigenvalue weighted by Gasteiger charge is -2.09. The third kappa shape index (κ3) is 2.75. The van der Waals surface area contributed by atoms with Gasteiger partial charge in [-0.3, -0.25) is 19.6 Å². The van der Waals surface area contributed by atoms with Crippen molar-refractivity contribution in [2.45, 2.75) is 6.92 Å². The van der Waals surface area contributed by atoms with Crippen LogP contribution in [0.1, 0.15) is 20.8 Å². The molecular formula is C18H17N3O3. The molecule has 0 radical (unpaired) electrons. The number of nitrogens with one attached hydrogen (secondary N) is 1. The summed E-state index contributed by atoms with van der Waals surface area (Å²) in [6, 6.07) is 16.3. The Morgan fingerprint density at radius 3 is 2.46 bits per heavy atom. The monoisotopic (exact) mass is 323 g/mol. The molecule has 0 bridgehead atoms. The van der Waals surface area contributed by atoms with E-state index in [4.69, 9.17) is 10.6 Å². The Morgan fingerprint density at radius 1 is 1.08 bits per heavy atom. The van der Waals surface area contributed by atoms with Crippen molar-refractivity contribution < 1.29 is 14.3 Å². The normalized spacial score (nSPS) is 10.6. The first-order valence-corrected chi connectivity index (χ1v) is 7.45. The summed E-state index contributed by atoms with van der Waals surface area (Å²) in [4.78, 5) is 24.7. The molecule has 0 aliphatic carbocycles. The van der Waals surface area contributed by atoms with Gasteiger partial charge in [-0.05, 0) is 25.1 Å². The number of hydrazine groups is 1. The SMILES string of the molecule is Cc1c(C(=O)NN)c2ccccc2n1C(=O)COc1ccccc1. The van der Waals surface area contributed by atoms with Gasteiger partial charge in [0, 0.05) is 11.1 Å². The summed E-state index contributed by atoms with van der Waals surface area (Å²) >= 11 is 0. The Hall–Kier alpha value is -3.12. The van der Waals surface area contributed by atoms with E-state index in [0.717, 1.165) is 0 Å². The van der Waals surface area contributed by atoms with E-state index in [2.05, 4.69) is 5.43 Å². The number of hydrogen-bond donors (Lipinski definition) is 2. The minimum absolute atomic E-state index is 0.132. The minimum Gasteiger partial charge on any atom is -0.484 e. The zero-order valence-electron chi connectivity index (χ0n) is 13.2. The molecule has 6 heteroatoms. The number of nitrogen functional groups attached to an aromatic ring is 1. The molecular weight excluding hydrogens is 306 g/mol. The zero-order chi connectivity index (χ0) is 17.1. The Morgan fingerprint density at radius 2 is 1.75 bits per heavy atom. The number of aromatic nitrogens is 1. The number of benzene rings is 2. The van der Waals surface area contributed by atoms with Crippen molar-refractivity contribution >= 4 is 22.7 Å². The predicted octanol–water partition coefficient (Wildman–Crippen LogP) is 2.27. The molecule has 2 aromatic carbocycles. The van der Waals surface area contributed by atoms with Gasteiger partial charge in [0.15, 0.2) is 6.61 Å². The second kappa shape index (κ2) is 6.55. The summed E-state index contributed by atoms with van der Waals surface area (Å²) in [6.07, 6.45) is 0. The quantitative estimate of drug-likeness (QED) is 0.438. The smallest absolute Gasteiger partial charge is 0.269 e. The van der Waals surface area contributed by atoms with E-state index in [1.807, 2.05) is 30.3 Å². The lowest BCUT2D eigenvalue weighted by atomic mass is 10.1. The Balaban J connectivity index is 1.98. The van der Waals surface area contributed by atoms with E-state index in [1.54, 1.807) is 31.2 Å². The molecule has 0 atom stereocenters. The van der Waals surface area contributed by atoms with Crippen molar-refractivity contribution in [1.29, 1.82) is 0 Å². The number of carbonyl (C=O) groups is 2. The van der Waals surface area contributed by atoms with Crippen LogP contribution < -0.4 is 16.0 Å². The molecule has 0 aliphatic rings. The van der Waals surface area contributed by atoms with Gasteiger partial charge in [-0.2, -0.15) is 0 Å². The largest absolute Gasteiger partial charge is 0.484 e. The van der Waals surface area contributed by atoms with Gasteiger partial charge >= 0.3 is 0 Å². The molecule has 3 aromatic rings. The number of carbonyl (C=O) groups excluding carboxylic acids is 2. The van der Waals surface area contributed by atoms with E-state index < -0.39 is 5.91 Å². The first-order valence-electron chi connectivity index (χ1n) is 7.45. The van der Waals surface area contributed by atoms with E-state index in [0.29, 0.717) is 27.9 Å². The third-order valence-electron chi connectivity index (χ3n) is 3.82. The van der Waals surface area contributed by atoms with Crippen molar-refractivity contribution in [2.24, 2.45) is 5.84 Å². The fourth-order valence-electron chi connectivity index (χ4n) is 2.77. The second-order valence-corrected chi connectivity index (χ2v) is 5.28. The molecule has 3 N–H and O–H groups in total. The molecule has 3 rings (SSSR count). The maximum atomic E-state index is 12.7. The summed E-state index contributed by atoms with van der Waals surface area (Å²) in [6.45, 7) is 1.58. The van der Waals surface area contributed by atoms with Gasteiger partial charge in [0.05, 0.1) is 11.1 Å². The molecule has 122 valence electrons. The van der Waals surface area contributed by atoms with Crippen LogP contribution in [0.5, 0.6) is 5.75 Å². The summed E-state index contributed by atoms with van der Waals surface area (Å²) in [5.41, 5.74) is 3.70. The number of fused-ring (bicyclic) bond motifs is 1. The van der Waals surface area contributed by atoms with Gasteiger partial charge in [-0.1, -0.05) is 36.4 Å². The standard InChI is InChI=1S/C18H17N3O3/c1-12-17(18(23)20-19)14-9-5-6-10-15(14)21(12)16(22)11-24-13-7-3-2-4-8-13/h2-10H,11,19H2,1H3,(H,20,23). The van der Waals surface area contributed by atoms with Crippen LogP contribution in [0.4, 0.5) is 0 Å². The number of nitrogens with zero attached hydrogens (tertiary/aromatic N) is 1. The van der Waals surface area contributed by atoms with Crippen LogP contribution >= 0.6 is 0 Å². The third-order valence-corrected chi connectivity index (χ3v) is 3.82. The van der Waals surface area contributed by atoms with Gasteiger partial charge in [-0.25, -0.2) is 5.84 Å². The van der Waals surface area contributed by atoms with Crippen molar-refractivity contribution in [2.75, 3.05) is 6.61 Å². The molecule has 6 nitrogen and oxygen atoms in total. The first kappa shape index (κ1) is 15.8. The van der Waals surface area contributed by atoms with Gasteiger partial charge < -0.3 is 4.74 Å². The van der Waals surface area contributed by atoms with Crippen molar-refractivity contribution in [3.63, 3.8) is 0 Å². The van der Waals surface area contributed by atoms with E-state index in [9.17, 15) is 9.59 Å². The average Bonchev–Trinajstić information content (AvgIpc) is 2.92. The number of ether oxygens (including phenoxy) is 1. The highest BCUT2D eigenvalue weighted by atomic mass is 16.5. The molecule has 0 saturated carbocycles.